The Morgan fingerprint density at radius 2 is 1.24 bits per heavy atom. The lowest BCUT2D eigenvalue weighted by Gasteiger charge is -2.28. The van der Waals surface area contributed by atoms with Gasteiger partial charge in [-0.25, -0.2) is 4.98 Å². The summed E-state index contributed by atoms with van der Waals surface area (Å²) in [5.74, 6) is -1.94. The van der Waals surface area contributed by atoms with Crippen LogP contribution in [0.25, 0.3) is 72.7 Å². The highest BCUT2D eigenvalue weighted by atomic mass is 16.3. The van der Waals surface area contributed by atoms with Crippen LogP contribution in [0.15, 0.2) is 134 Å². The molecule has 2 heterocycles. The molecule has 8 aromatic rings. The highest BCUT2D eigenvalue weighted by molar-refractivity contribution is 5.98. The molecule has 2 aromatic heterocycles. The largest absolute Gasteiger partial charge is 0.507 e. The number of aromatic nitrogens is 3. The first-order valence-electron chi connectivity index (χ1n) is 34.9. The van der Waals surface area contributed by atoms with Gasteiger partial charge in [-0.2, -0.15) is 0 Å². The summed E-state index contributed by atoms with van der Waals surface area (Å²) in [6.45, 7) is -11.1. The number of nitrogens with zero attached hydrogens (tertiary/aromatic N) is 3. The van der Waals surface area contributed by atoms with Crippen LogP contribution in [-0.4, -0.2) is 19.6 Å². The van der Waals surface area contributed by atoms with Crippen LogP contribution >= 0.6 is 0 Å². The maximum atomic E-state index is 13.2. The Balaban J connectivity index is 1.60. The molecule has 0 fully saturated rings. The second-order valence-electron chi connectivity index (χ2n) is 20.7. The van der Waals surface area contributed by atoms with E-state index in [1.54, 1.807) is 87.5 Å². The minimum Gasteiger partial charge on any atom is -0.507 e. The maximum Gasteiger partial charge on any atom is 0.149 e. The van der Waals surface area contributed by atoms with Crippen molar-refractivity contribution in [2.45, 2.75) is 138 Å². The molecule has 0 aliphatic carbocycles. The van der Waals surface area contributed by atoms with E-state index in [1.165, 1.54) is 22.8 Å². The summed E-state index contributed by atoms with van der Waals surface area (Å²) >= 11 is 0. The van der Waals surface area contributed by atoms with E-state index in [9.17, 15) is 7.85 Å². The number of benzene rings is 6. The number of aromatic hydroxyl groups is 1. The van der Waals surface area contributed by atoms with Gasteiger partial charge in [0.25, 0.3) is 0 Å². The molecule has 0 unspecified atom stereocenters. The van der Waals surface area contributed by atoms with Crippen LogP contribution in [0.4, 0.5) is 0 Å². The van der Waals surface area contributed by atoms with Crippen LogP contribution in [0.2, 0.25) is 0 Å². The van der Waals surface area contributed by atoms with Gasteiger partial charge in [0.05, 0.1) is 30.7 Å². The molecule has 0 amide bonds. The van der Waals surface area contributed by atoms with Crippen molar-refractivity contribution < 1.29 is 39.4 Å². The molecule has 0 radical (unpaired) electrons. The van der Waals surface area contributed by atoms with Gasteiger partial charge in [-0.3, -0.25) is 9.55 Å². The predicted octanol–water partition coefficient (Wildman–Crippen LogP) is 17.5. The Morgan fingerprint density at radius 1 is 0.574 bits per heavy atom. The lowest BCUT2D eigenvalue weighted by molar-refractivity contribution is 0.411. The second kappa shape index (κ2) is 17.4. The predicted molar refractivity (Wildman–Crippen MR) is 290 cm³/mol. The summed E-state index contributed by atoms with van der Waals surface area (Å²) < 4.78 is 222. The summed E-state index contributed by atoms with van der Waals surface area (Å²) in [6, 6.07) is 28.8. The number of rotatable bonds is 7. The van der Waals surface area contributed by atoms with Crippen molar-refractivity contribution in [2.24, 2.45) is 5.41 Å². The van der Waals surface area contributed by atoms with Crippen molar-refractivity contribution in [3.8, 4) is 67.5 Å². The van der Waals surface area contributed by atoms with E-state index < -0.39 is 110 Å². The van der Waals surface area contributed by atoms with E-state index in [4.69, 9.17) is 36.5 Å². The summed E-state index contributed by atoms with van der Waals surface area (Å²) in [7, 11) is 0. The highest BCUT2D eigenvalue weighted by Gasteiger charge is 2.30. The molecule has 1 N–H and O–H groups in total. The Kier molecular flexibility index (Phi) is 6.62. The van der Waals surface area contributed by atoms with Crippen LogP contribution < -0.4 is 0 Å². The highest BCUT2D eigenvalue weighted by Crippen LogP contribution is 2.46. The topological polar surface area (TPSA) is 50.9 Å². The first-order valence-corrected chi connectivity index (χ1v) is 22.4. The molecule has 8 rings (SSSR count). The maximum absolute atomic E-state index is 13.2. The van der Waals surface area contributed by atoms with Gasteiger partial charge in [0, 0.05) is 60.0 Å². The third-order valence-electron chi connectivity index (χ3n) is 11.9. The first-order chi connectivity index (χ1) is 42.0. The third kappa shape index (κ3) is 9.84. The van der Waals surface area contributed by atoms with Crippen molar-refractivity contribution in [3.05, 3.63) is 167 Å². The fourth-order valence-corrected chi connectivity index (χ4v) is 8.34. The van der Waals surface area contributed by atoms with Gasteiger partial charge in [-0.1, -0.05) is 188 Å². The molecule has 0 atom stereocenters. The molecule has 4 nitrogen and oxygen atoms in total. The summed E-state index contributed by atoms with van der Waals surface area (Å²) in [6.07, 6.45) is -0.874. The fourth-order valence-electron chi connectivity index (χ4n) is 8.34. The minimum atomic E-state index is -4.22. The van der Waals surface area contributed by atoms with Gasteiger partial charge in [0.1, 0.15) is 11.6 Å². The number of hydrogen-bond donors (Lipinski definition) is 1. The molecule has 4 heteroatoms. The molecule has 68 heavy (non-hydrogen) atoms. The number of phenolic OH excluding ortho intramolecular Hbond substituents is 1. The Morgan fingerprint density at radius 3 is 1.88 bits per heavy atom. The van der Waals surface area contributed by atoms with Crippen molar-refractivity contribution in [3.63, 3.8) is 0 Å². The van der Waals surface area contributed by atoms with Crippen molar-refractivity contribution in [1.82, 2.24) is 14.5 Å². The number of pyridine rings is 1. The van der Waals surface area contributed by atoms with E-state index in [0.717, 1.165) is 11.8 Å². The van der Waals surface area contributed by atoms with E-state index in [-0.39, 0.29) is 68.4 Å². The van der Waals surface area contributed by atoms with Crippen molar-refractivity contribution in [1.29, 1.82) is 0 Å². The summed E-state index contributed by atoms with van der Waals surface area (Å²) in [5, 5.41) is 13.2. The van der Waals surface area contributed by atoms with Gasteiger partial charge in [0.15, 0.2) is 0 Å². The van der Waals surface area contributed by atoms with Crippen LogP contribution in [0, 0.1) is 12.3 Å². The molecule has 0 saturated carbocycles. The third-order valence-corrected chi connectivity index (χ3v) is 11.9. The first kappa shape index (κ1) is 25.9. The standard InChI is InChI=1S/C64H73N3O/c1-40-39-65-54(37-50(40)43-27-25-41(26-28-43)38-60(2,3)4)45-31-44(32-47(33-45)62(8,9)10)49-23-20-24-56-57(49)66-59(52-35-48(63(11,12)13)36-53(58(52)68)64(14,15)16)67(56)55-30-29-46(61(5,6)7)34-51(55)42-21-18-17-19-22-42/h17-37,39,68H,38H2,1-16H3/i1D3,11D3,12D3,13D3,14D3,15D3,16D3,27D,28D,38D2. The Labute approximate surface area is 442 Å². The van der Waals surface area contributed by atoms with Gasteiger partial charge in [0.2, 0.25) is 0 Å². The summed E-state index contributed by atoms with van der Waals surface area (Å²) in [5.41, 5.74) is -10.4. The average molecular weight is 925 g/mol. The lowest BCUT2D eigenvalue weighted by Crippen LogP contribution is -2.17. The smallest absolute Gasteiger partial charge is 0.149 e. The van der Waals surface area contributed by atoms with Crippen LogP contribution in [0.1, 0.15) is 171 Å². The number of para-hydroxylation sites is 1. The molecule has 0 bridgehead atoms. The number of aryl methyl sites for hydroxylation is 1. The van der Waals surface area contributed by atoms with Crippen molar-refractivity contribution >= 4 is 11.0 Å². The van der Waals surface area contributed by atoms with Gasteiger partial charge in [-0.05, 0) is 133 Å². The number of hydrogen-bond acceptors (Lipinski definition) is 3. The molecule has 0 aliphatic rings. The zero-order valence-corrected chi connectivity index (χ0v) is 39.8. The SMILES string of the molecule is [2H]c1cc(C([2H])([2H])C(C)(C)C)cc([2H])c1-c1cc(-c2cc(-c3cccc4c3nc(-c3cc(C(C([2H])([2H])[2H])(C([2H])([2H])[2H])C([2H])([2H])[2H])cc(C(C([2H])([2H])[2H])(C([2H])([2H])[2H])C([2H])([2H])[2H])c3O)n4-c3ccc(C(C)(C)C)cc3-c3ccccc3)cc(C(C)(C)C)c2)ncc1C([2H])([2H])[2H]. The van der Waals surface area contributed by atoms with E-state index in [0.29, 0.717) is 33.9 Å². The van der Waals surface area contributed by atoms with E-state index in [2.05, 4.69) is 4.98 Å². The Bertz CT molecular complexity index is 4080. The number of phenols is 1. The molecule has 0 aliphatic heterocycles. The number of imidazole rings is 1. The number of fused-ring (bicyclic) bond motifs is 1. The average Bonchev–Trinajstić information content (AvgIpc) is 1.12. The minimum absolute atomic E-state index is 0.0385. The zero-order chi connectivity index (χ0) is 70.3. The quantitative estimate of drug-likeness (QED) is 0.173. The monoisotopic (exact) mass is 925 g/mol. The zero-order valence-electron chi connectivity index (χ0n) is 64.8. The molecular formula is C64H73N3O. The lowest BCUT2D eigenvalue weighted by atomic mass is 9.79. The van der Waals surface area contributed by atoms with Gasteiger partial charge >= 0.3 is 0 Å². The summed E-state index contributed by atoms with van der Waals surface area (Å²) in [4.78, 5) is 9.85. The van der Waals surface area contributed by atoms with Crippen LogP contribution in [0.3, 0.4) is 0 Å². The molecule has 350 valence electrons. The normalized spacial score (nSPS) is 19.8. The Hall–Kier alpha value is -6.26. The van der Waals surface area contributed by atoms with Crippen LogP contribution in [0.5, 0.6) is 5.75 Å². The van der Waals surface area contributed by atoms with Crippen LogP contribution in [-0.2, 0) is 28.0 Å². The van der Waals surface area contributed by atoms with E-state index in [1.807, 2.05) is 59.7 Å². The van der Waals surface area contributed by atoms with Crippen molar-refractivity contribution in [2.75, 3.05) is 0 Å². The van der Waals surface area contributed by atoms with Gasteiger partial charge in [-0.15, -0.1) is 0 Å². The van der Waals surface area contributed by atoms with E-state index >= 15 is 0 Å². The fraction of sp³-hybridized carbons (Fsp3) is 0.344. The molecule has 0 saturated heterocycles. The molecule has 6 aromatic carbocycles. The molecular weight excluding hydrogens is 827 g/mol. The second-order valence-corrected chi connectivity index (χ2v) is 20.7. The van der Waals surface area contributed by atoms with Gasteiger partial charge < -0.3 is 5.11 Å². The molecule has 0 spiro atoms.